The van der Waals surface area contributed by atoms with Crippen molar-refractivity contribution in [1.29, 1.82) is 0 Å². The van der Waals surface area contributed by atoms with E-state index in [0.29, 0.717) is 0 Å². The maximum Gasteiger partial charge on any atom is 0.224 e. The third-order valence-electron chi connectivity index (χ3n) is 5.43. The molecule has 22 heavy (non-hydrogen) atoms. The molecule has 1 amide bonds. The molecule has 4 heteroatoms. The fourth-order valence-corrected chi connectivity index (χ4v) is 4.26. The van der Waals surface area contributed by atoms with Gasteiger partial charge < -0.3 is 15.2 Å². The Morgan fingerprint density at radius 1 is 1.14 bits per heavy atom. The Kier molecular flexibility index (Phi) is 3.94. The van der Waals surface area contributed by atoms with Crippen LogP contribution in [0, 0.1) is 30.6 Å². The normalized spacial score (nSPS) is 31.0. The lowest BCUT2D eigenvalue weighted by Gasteiger charge is -2.31. The second kappa shape index (κ2) is 5.75. The van der Waals surface area contributed by atoms with Gasteiger partial charge in [0.05, 0.1) is 6.04 Å². The molecular weight excluding hydrogens is 278 g/mol. The molecule has 0 radical (unpaired) electrons. The van der Waals surface area contributed by atoms with Gasteiger partial charge in [-0.2, -0.15) is 0 Å². The zero-order valence-electron chi connectivity index (χ0n) is 13.0. The van der Waals surface area contributed by atoms with Gasteiger partial charge in [0.1, 0.15) is 0 Å². The minimum Gasteiger partial charge on any atom is -0.550 e. The van der Waals surface area contributed by atoms with E-state index in [9.17, 15) is 14.7 Å². The van der Waals surface area contributed by atoms with Crippen molar-refractivity contribution < 1.29 is 14.7 Å². The molecule has 2 aliphatic carbocycles. The highest BCUT2D eigenvalue weighted by Crippen LogP contribution is 2.52. The molecule has 2 saturated carbocycles. The smallest absolute Gasteiger partial charge is 0.224 e. The first-order chi connectivity index (χ1) is 10.5. The zero-order chi connectivity index (χ0) is 15.9. The van der Waals surface area contributed by atoms with Crippen LogP contribution in [0.5, 0.6) is 0 Å². The summed E-state index contributed by atoms with van der Waals surface area (Å²) in [7, 11) is 0. The van der Waals surface area contributed by atoms with Gasteiger partial charge in [0, 0.05) is 17.8 Å². The topological polar surface area (TPSA) is 69.2 Å². The highest BCUT2D eigenvalue weighted by molar-refractivity contribution is 5.85. The number of carbonyl (C=O) groups is 2. The molecule has 3 rings (SSSR count). The van der Waals surface area contributed by atoms with Crippen LogP contribution in [0.15, 0.2) is 24.3 Å². The van der Waals surface area contributed by atoms with Crippen LogP contribution in [-0.2, 0) is 9.59 Å². The van der Waals surface area contributed by atoms with Gasteiger partial charge >= 0.3 is 0 Å². The summed E-state index contributed by atoms with van der Waals surface area (Å²) in [6, 6.07) is 7.91. The Labute approximate surface area is 130 Å². The van der Waals surface area contributed by atoms with Gasteiger partial charge in [-0.3, -0.25) is 4.79 Å². The molecule has 2 bridgehead atoms. The van der Waals surface area contributed by atoms with Gasteiger partial charge in [-0.05, 0) is 50.5 Å². The van der Waals surface area contributed by atoms with Crippen molar-refractivity contribution >= 4 is 11.9 Å². The highest BCUT2D eigenvalue weighted by atomic mass is 16.4. The number of amides is 1. The van der Waals surface area contributed by atoms with E-state index in [-0.39, 0.29) is 23.8 Å². The Morgan fingerprint density at radius 2 is 1.73 bits per heavy atom. The van der Waals surface area contributed by atoms with Crippen LogP contribution in [0.25, 0.3) is 0 Å². The summed E-state index contributed by atoms with van der Waals surface area (Å²) < 4.78 is 0. The number of fused-ring (bicyclic) bond motifs is 2. The number of carboxylic acids is 1. The van der Waals surface area contributed by atoms with E-state index in [1.165, 1.54) is 5.56 Å². The van der Waals surface area contributed by atoms with E-state index >= 15 is 0 Å². The number of rotatable bonds is 4. The summed E-state index contributed by atoms with van der Waals surface area (Å²) in [5, 5.41) is 14.4. The average Bonchev–Trinajstić information content (AvgIpc) is 3.08. The lowest BCUT2D eigenvalue weighted by atomic mass is 9.78. The van der Waals surface area contributed by atoms with E-state index < -0.39 is 17.8 Å². The number of carboxylic acid groups (broad SMARTS) is 1. The molecule has 118 valence electrons. The fourth-order valence-electron chi connectivity index (χ4n) is 4.26. The minimum absolute atomic E-state index is 0.116. The number of hydrogen-bond acceptors (Lipinski definition) is 3. The van der Waals surface area contributed by atoms with Crippen molar-refractivity contribution in [3.8, 4) is 0 Å². The quantitative estimate of drug-likeness (QED) is 0.918. The molecule has 2 fully saturated rings. The molecule has 1 N–H and O–H groups in total. The van der Waals surface area contributed by atoms with Crippen molar-refractivity contribution in [1.82, 2.24) is 5.32 Å². The number of hydrogen-bond donors (Lipinski definition) is 1. The Balaban J connectivity index is 1.71. The molecule has 0 unspecified atom stereocenters. The first kappa shape index (κ1) is 15.1. The molecule has 0 aliphatic heterocycles. The summed E-state index contributed by atoms with van der Waals surface area (Å²) in [4.78, 5) is 24.0. The minimum atomic E-state index is -1.06. The van der Waals surface area contributed by atoms with Gasteiger partial charge in [0.2, 0.25) is 5.91 Å². The summed E-state index contributed by atoms with van der Waals surface area (Å²) in [5.41, 5.74) is 2.21. The Morgan fingerprint density at radius 3 is 2.32 bits per heavy atom. The summed E-state index contributed by atoms with van der Waals surface area (Å²) >= 11 is 0. The van der Waals surface area contributed by atoms with Crippen molar-refractivity contribution in [3.05, 3.63) is 35.4 Å². The maximum atomic E-state index is 12.6. The van der Waals surface area contributed by atoms with Gasteiger partial charge in [0.25, 0.3) is 0 Å². The average molecular weight is 300 g/mol. The predicted octanol–water partition coefficient (Wildman–Crippen LogP) is 1.58. The number of nitrogens with one attached hydrogen (secondary N) is 1. The van der Waals surface area contributed by atoms with E-state index in [1.54, 1.807) is 0 Å². The SMILES string of the molecule is Cc1ccc([C@@H](C)NC(=O)[C@@H]2[C@H]3CC[C@@H](C3)[C@@H]2C(=O)[O-])cc1. The lowest BCUT2D eigenvalue weighted by Crippen LogP contribution is -2.46. The molecule has 0 saturated heterocycles. The van der Waals surface area contributed by atoms with Crippen molar-refractivity contribution in [2.24, 2.45) is 23.7 Å². The highest BCUT2D eigenvalue weighted by Gasteiger charge is 2.51. The van der Waals surface area contributed by atoms with Crippen LogP contribution in [0.4, 0.5) is 0 Å². The molecule has 4 nitrogen and oxygen atoms in total. The molecular formula is C18H22NO3-. The van der Waals surface area contributed by atoms with Gasteiger partial charge in [-0.15, -0.1) is 0 Å². The third kappa shape index (κ3) is 2.62. The lowest BCUT2D eigenvalue weighted by molar-refractivity contribution is -0.314. The maximum absolute atomic E-state index is 12.6. The van der Waals surface area contributed by atoms with E-state index in [0.717, 1.165) is 24.8 Å². The van der Waals surface area contributed by atoms with Gasteiger partial charge in [-0.25, -0.2) is 0 Å². The third-order valence-corrected chi connectivity index (χ3v) is 5.43. The Hall–Kier alpha value is -1.84. The van der Waals surface area contributed by atoms with Crippen molar-refractivity contribution in [3.63, 3.8) is 0 Å². The van der Waals surface area contributed by atoms with E-state index in [4.69, 9.17) is 0 Å². The standard InChI is InChI=1S/C18H23NO3/c1-10-3-5-12(6-4-10)11(2)19-17(20)15-13-7-8-14(9-13)16(15)18(21)22/h3-6,11,13-16H,7-9H2,1-2H3,(H,19,20)(H,21,22)/p-1/t11-,13+,14+,15-,16+/m1/s1. The van der Waals surface area contributed by atoms with Crippen LogP contribution in [0.2, 0.25) is 0 Å². The second-order valence-corrected chi connectivity index (χ2v) is 6.84. The molecule has 2 aliphatic rings. The second-order valence-electron chi connectivity index (χ2n) is 6.84. The Bertz CT molecular complexity index is 580. The van der Waals surface area contributed by atoms with Gasteiger partial charge in [0.15, 0.2) is 0 Å². The largest absolute Gasteiger partial charge is 0.550 e. The number of aliphatic carboxylic acids is 1. The molecule has 0 spiro atoms. The molecule has 1 aromatic rings. The fraction of sp³-hybridized carbons (Fsp3) is 0.556. The predicted molar refractivity (Wildman–Crippen MR) is 80.6 cm³/mol. The number of carbonyl (C=O) groups excluding carboxylic acids is 2. The molecule has 1 aromatic carbocycles. The number of benzene rings is 1. The van der Waals surface area contributed by atoms with Crippen molar-refractivity contribution in [2.45, 2.75) is 39.2 Å². The summed E-state index contributed by atoms with van der Waals surface area (Å²) in [6.07, 6.45) is 2.74. The van der Waals surface area contributed by atoms with Gasteiger partial charge in [-0.1, -0.05) is 29.8 Å². The monoisotopic (exact) mass is 300 g/mol. The van der Waals surface area contributed by atoms with E-state index in [2.05, 4.69) is 5.32 Å². The first-order valence-corrected chi connectivity index (χ1v) is 8.05. The van der Waals surface area contributed by atoms with Crippen LogP contribution in [0.1, 0.15) is 43.4 Å². The van der Waals surface area contributed by atoms with Crippen LogP contribution in [-0.4, -0.2) is 11.9 Å². The van der Waals surface area contributed by atoms with E-state index in [1.807, 2.05) is 38.1 Å². The number of aryl methyl sites for hydroxylation is 1. The molecule has 0 heterocycles. The van der Waals surface area contributed by atoms with Crippen LogP contribution < -0.4 is 10.4 Å². The zero-order valence-corrected chi connectivity index (χ0v) is 13.0. The van der Waals surface area contributed by atoms with Crippen LogP contribution in [0.3, 0.4) is 0 Å². The first-order valence-electron chi connectivity index (χ1n) is 8.05. The molecule has 5 atom stereocenters. The van der Waals surface area contributed by atoms with Crippen LogP contribution >= 0.6 is 0 Å². The summed E-state index contributed by atoms with van der Waals surface area (Å²) in [6.45, 7) is 3.95. The van der Waals surface area contributed by atoms with Crippen molar-refractivity contribution in [2.75, 3.05) is 0 Å². The summed E-state index contributed by atoms with van der Waals surface area (Å²) in [5.74, 6) is -1.89. The molecule has 0 aromatic heterocycles.